The van der Waals surface area contributed by atoms with Gasteiger partial charge in [0.15, 0.2) is 0 Å². The number of nitrogens with zero attached hydrogens (tertiary/aromatic N) is 2. The number of nitrogens with one attached hydrogen (secondary N) is 1. The first-order valence-electron chi connectivity index (χ1n) is 6.51. The molecular weight excluding hydrogens is 258 g/mol. The molecule has 0 fully saturated rings. The molecule has 2 aromatic rings. The Bertz CT molecular complexity index is 531. The molecule has 102 valence electrons. The van der Waals surface area contributed by atoms with Gasteiger partial charge in [0.2, 0.25) is 5.91 Å². The molecule has 1 N–H and O–H groups in total. The van der Waals surface area contributed by atoms with Gasteiger partial charge >= 0.3 is 0 Å². The van der Waals surface area contributed by atoms with Gasteiger partial charge in [0.1, 0.15) is 6.54 Å². The number of carbonyl (C=O) groups is 1. The summed E-state index contributed by atoms with van der Waals surface area (Å²) in [6, 6.07) is 3.83. The topological polar surface area (TPSA) is 46.9 Å². The zero-order valence-corrected chi connectivity index (χ0v) is 12.2. The van der Waals surface area contributed by atoms with Gasteiger partial charge in [-0.3, -0.25) is 4.79 Å². The van der Waals surface area contributed by atoms with Gasteiger partial charge in [0.25, 0.3) is 0 Å². The Morgan fingerprint density at radius 3 is 2.84 bits per heavy atom. The number of rotatable bonds is 6. The Kier molecular flexibility index (Phi) is 4.74. The maximum atomic E-state index is 11.8. The molecule has 0 saturated heterocycles. The maximum absolute atomic E-state index is 11.8. The molecule has 4 nitrogen and oxygen atoms in total. The number of hydrogen-bond acceptors (Lipinski definition) is 3. The lowest BCUT2D eigenvalue weighted by atomic mass is 10.3. The molecule has 5 heteroatoms. The molecule has 0 bridgehead atoms. The second kappa shape index (κ2) is 6.52. The molecule has 0 aliphatic rings. The van der Waals surface area contributed by atoms with Gasteiger partial charge in [-0.05, 0) is 31.9 Å². The van der Waals surface area contributed by atoms with E-state index in [1.54, 1.807) is 11.3 Å². The minimum atomic E-state index is 0.0287. The number of aryl methyl sites for hydroxylation is 2. The SMILES string of the molecule is CCCc1nc(C)c(CNC(=O)Cn2cccc2)s1. The summed E-state index contributed by atoms with van der Waals surface area (Å²) in [5.74, 6) is 0.0287. The molecule has 0 aliphatic heterocycles. The molecule has 0 unspecified atom stereocenters. The van der Waals surface area contributed by atoms with E-state index in [0.29, 0.717) is 13.1 Å². The van der Waals surface area contributed by atoms with Gasteiger partial charge in [0.05, 0.1) is 17.2 Å². The van der Waals surface area contributed by atoms with Crippen molar-refractivity contribution in [2.75, 3.05) is 0 Å². The summed E-state index contributed by atoms with van der Waals surface area (Å²) in [5.41, 5.74) is 1.04. The molecule has 0 radical (unpaired) electrons. The third-order valence-corrected chi connectivity index (χ3v) is 4.06. The van der Waals surface area contributed by atoms with Crippen LogP contribution in [0.5, 0.6) is 0 Å². The van der Waals surface area contributed by atoms with Crippen LogP contribution >= 0.6 is 11.3 Å². The van der Waals surface area contributed by atoms with Gasteiger partial charge in [0, 0.05) is 17.3 Å². The summed E-state index contributed by atoms with van der Waals surface area (Å²) in [5, 5.41) is 4.11. The van der Waals surface area contributed by atoms with Gasteiger partial charge < -0.3 is 9.88 Å². The van der Waals surface area contributed by atoms with Crippen LogP contribution < -0.4 is 5.32 Å². The zero-order chi connectivity index (χ0) is 13.7. The number of carbonyl (C=O) groups excluding carboxylic acids is 1. The Balaban J connectivity index is 1.86. The number of thiazole rings is 1. The van der Waals surface area contributed by atoms with Crippen LogP contribution in [0.25, 0.3) is 0 Å². The monoisotopic (exact) mass is 277 g/mol. The molecule has 1 amide bonds. The van der Waals surface area contributed by atoms with E-state index in [2.05, 4.69) is 17.2 Å². The second-order valence-electron chi connectivity index (χ2n) is 4.50. The first-order chi connectivity index (χ1) is 9.19. The molecule has 0 atom stereocenters. The molecule has 0 aromatic carbocycles. The largest absolute Gasteiger partial charge is 0.350 e. The molecule has 19 heavy (non-hydrogen) atoms. The second-order valence-corrected chi connectivity index (χ2v) is 5.67. The third kappa shape index (κ3) is 3.92. The van der Waals surface area contributed by atoms with Crippen LogP contribution in [0.3, 0.4) is 0 Å². The van der Waals surface area contributed by atoms with Crippen LogP contribution in [0, 0.1) is 6.92 Å². The van der Waals surface area contributed by atoms with Crippen LogP contribution in [0.15, 0.2) is 24.5 Å². The van der Waals surface area contributed by atoms with Crippen molar-refractivity contribution in [3.8, 4) is 0 Å². The van der Waals surface area contributed by atoms with Crippen molar-refractivity contribution >= 4 is 17.2 Å². The molecular formula is C14H19N3OS. The summed E-state index contributed by atoms with van der Waals surface area (Å²) in [4.78, 5) is 17.5. The van der Waals surface area contributed by atoms with E-state index < -0.39 is 0 Å². The fourth-order valence-corrected chi connectivity index (χ4v) is 2.96. The van der Waals surface area contributed by atoms with Crippen LogP contribution in [0.2, 0.25) is 0 Å². The van der Waals surface area contributed by atoms with E-state index in [9.17, 15) is 4.79 Å². The van der Waals surface area contributed by atoms with Crippen molar-refractivity contribution < 1.29 is 4.79 Å². The summed E-state index contributed by atoms with van der Waals surface area (Å²) in [6.45, 7) is 5.10. The Labute approximate surface area is 117 Å². The molecule has 0 spiro atoms. The number of amides is 1. The highest BCUT2D eigenvalue weighted by atomic mass is 32.1. The Morgan fingerprint density at radius 2 is 2.16 bits per heavy atom. The van der Waals surface area contributed by atoms with Crippen molar-refractivity contribution in [1.29, 1.82) is 0 Å². The summed E-state index contributed by atoms with van der Waals surface area (Å²) < 4.78 is 1.86. The van der Waals surface area contributed by atoms with E-state index in [-0.39, 0.29) is 5.91 Å². The van der Waals surface area contributed by atoms with Crippen molar-refractivity contribution in [2.45, 2.75) is 39.8 Å². The highest BCUT2D eigenvalue weighted by Crippen LogP contribution is 2.19. The quantitative estimate of drug-likeness (QED) is 0.882. The smallest absolute Gasteiger partial charge is 0.240 e. The number of hydrogen-bond donors (Lipinski definition) is 1. The van der Waals surface area contributed by atoms with Crippen molar-refractivity contribution in [1.82, 2.24) is 14.9 Å². The normalized spacial score (nSPS) is 10.6. The lowest BCUT2D eigenvalue weighted by Crippen LogP contribution is -2.26. The lowest BCUT2D eigenvalue weighted by molar-refractivity contribution is -0.121. The standard InChI is InChI=1S/C14H19N3OS/c1-3-6-14-16-11(2)12(19-14)9-15-13(18)10-17-7-4-5-8-17/h4-5,7-8H,3,6,9-10H2,1-2H3,(H,15,18). The minimum Gasteiger partial charge on any atom is -0.350 e. The first-order valence-corrected chi connectivity index (χ1v) is 7.33. The Hall–Kier alpha value is -1.62. The van der Waals surface area contributed by atoms with E-state index in [1.807, 2.05) is 36.0 Å². The van der Waals surface area contributed by atoms with Crippen molar-refractivity contribution in [3.63, 3.8) is 0 Å². The van der Waals surface area contributed by atoms with Crippen LogP contribution in [0.4, 0.5) is 0 Å². The van der Waals surface area contributed by atoms with Gasteiger partial charge in [-0.2, -0.15) is 0 Å². The Morgan fingerprint density at radius 1 is 1.42 bits per heavy atom. The van der Waals surface area contributed by atoms with Crippen molar-refractivity contribution in [2.24, 2.45) is 0 Å². The summed E-state index contributed by atoms with van der Waals surface area (Å²) in [6.07, 6.45) is 5.89. The predicted octanol–water partition coefficient (Wildman–Crippen LogP) is 2.52. The predicted molar refractivity (Wildman–Crippen MR) is 77.1 cm³/mol. The van der Waals surface area contributed by atoms with Gasteiger partial charge in [-0.25, -0.2) is 4.98 Å². The average Bonchev–Trinajstić information content (AvgIpc) is 2.97. The summed E-state index contributed by atoms with van der Waals surface area (Å²) in [7, 11) is 0. The van der Waals surface area contributed by atoms with E-state index in [0.717, 1.165) is 28.4 Å². The van der Waals surface area contributed by atoms with E-state index in [1.165, 1.54) is 0 Å². The highest BCUT2D eigenvalue weighted by molar-refractivity contribution is 7.11. The third-order valence-electron chi connectivity index (χ3n) is 2.84. The van der Waals surface area contributed by atoms with Crippen molar-refractivity contribution in [3.05, 3.63) is 40.1 Å². The van der Waals surface area contributed by atoms with E-state index in [4.69, 9.17) is 0 Å². The summed E-state index contributed by atoms with van der Waals surface area (Å²) >= 11 is 1.70. The van der Waals surface area contributed by atoms with Gasteiger partial charge in [-0.1, -0.05) is 6.92 Å². The average molecular weight is 277 g/mol. The fourth-order valence-electron chi connectivity index (χ4n) is 1.85. The number of aromatic nitrogens is 2. The van der Waals surface area contributed by atoms with E-state index >= 15 is 0 Å². The fraction of sp³-hybridized carbons (Fsp3) is 0.429. The maximum Gasteiger partial charge on any atom is 0.240 e. The highest BCUT2D eigenvalue weighted by Gasteiger charge is 2.08. The molecule has 0 aliphatic carbocycles. The van der Waals surface area contributed by atoms with Gasteiger partial charge in [-0.15, -0.1) is 11.3 Å². The van der Waals surface area contributed by atoms with Crippen LogP contribution in [-0.2, 0) is 24.3 Å². The molecule has 2 aromatic heterocycles. The molecule has 2 heterocycles. The lowest BCUT2D eigenvalue weighted by Gasteiger charge is -2.05. The van der Waals surface area contributed by atoms with Crippen LogP contribution in [-0.4, -0.2) is 15.5 Å². The molecule has 2 rings (SSSR count). The van der Waals surface area contributed by atoms with Crippen LogP contribution in [0.1, 0.15) is 28.9 Å². The minimum absolute atomic E-state index is 0.0287. The first kappa shape index (κ1) is 13.8. The molecule has 0 saturated carbocycles. The zero-order valence-electron chi connectivity index (χ0n) is 11.3.